The van der Waals surface area contributed by atoms with E-state index in [-0.39, 0.29) is 24.4 Å². The molecule has 1 aliphatic heterocycles. The Labute approximate surface area is 350 Å². The fraction of sp³-hybridized carbons (Fsp3) is 0.409. The van der Waals surface area contributed by atoms with Crippen molar-refractivity contribution >= 4 is 44.7 Å². The number of hydrogen-bond donors (Lipinski definition) is 3. The lowest BCUT2D eigenvalue weighted by molar-refractivity contribution is -0.143. The van der Waals surface area contributed by atoms with Gasteiger partial charge in [0.25, 0.3) is 15.9 Å². The lowest BCUT2D eigenvalue weighted by atomic mass is 9.85. The SMILES string of the molecule is C=C[C@@H]1C[C@]1(NC(=O)[C@@H]1C[C@@H](Oc2cc(-c3ccccc3)nc3cc(OC)ccc23)CN1C(=O)[C@@H](NC(=O)OC(C)(C)C)C(C)(C)C)C(=O)NS(=O)(=O)c1ccc(C)cn1. The van der Waals surface area contributed by atoms with E-state index in [4.69, 9.17) is 19.2 Å². The van der Waals surface area contributed by atoms with Gasteiger partial charge in [0.1, 0.15) is 40.8 Å². The zero-order valence-electron chi connectivity index (χ0n) is 35.1. The number of nitrogens with one attached hydrogen (secondary N) is 3. The maximum atomic E-state index is 14.7. The number of aryl methyl sites for hydroxylation is 1. The number of methoxy groups -OCH3 is 1. The van der Waals surface area contributed by atoms with Crippen molar-refractivity contribution < 1.29 is 41.8 Å². The number of pyridine rings is 2. The Balaban J connectivity index is 1.35. The van der Waals surface area contributed by atoms with E-state index in [1.165, 1.54) is 23.2 Å². The molecule has 4 aromatic rings. The Bertz CT molecular complexity index is 2410. The van der Waals surface area contributed by atoms with Crippen molar-refractivity contribution in [1.82, 2.24) is 30.2 Å². The summed E-state index contributed by atoms with van der Waals surface area (Å²) >= 11 is 0. The summed E-state index contributed by atoms with van der Waals surface area (Å²) in [5.41, 5.74) is -0.638. The second kappa shape index (κ2) is 16.6. The van der Waals surface area contributed by atoms with Crippen LogP contribution in [0, 0.1) is 18.3 Å². The van der Waals surface area contributed by atoms with Gasteiger partial charge in [0.05, 0.1) is 24.9 Å². The lowest BCUT2D eigenvalue weighted by Gasteiger charge is -2.36. The number of alkyl carbamates (subject to hydrolysis) is 1. The molecule has 2 aromatic carbocycles. The van der Waals surface area contributed by atoms with Crippen LogP contribution < -0.4 is 24.8 Å². The van der Waals surface area contributed by atoms with Gasteiger partial charge in [-0.3, -0.25) is 14.4 Å². The normalized spacial score (nSPS) is 20.7. The molecule has 2 fully saturated rings. The van der Waals surface area contributed by atoms with Crippen LogP contribution in [0.4, 0.5) is 4.79 Å². The minimum absolute atomic E-state index is 0.0243. The highest BCUT2D eigenvalue weighted by molar-refractivity contribution is 7.90. The summed E-state index contributed by atoms with van der Waals surface area (Å²) in [7, 11) is -2.86. The van der Waals surface area contributed by atoms with Crippen LogP contribution in [0.2, 0.25) is 0 Å². The Morgan fingerprint density at radius 2 is 1.72 bits per heavy atom. The second-order valence-corrected chi connectivity index (χ2v) is 18.9. The Hall–Kier alpha value is -6.03. The van der Waals surface area contributed by atoms with Gasteiger partial charge in [-0.05, 0) is 63.3 Å². The van der Waals surface area contributed by atoms with E-state index in [1.54, 1.807) is 79.8 Å². The van der Waals surface area contributed by atoms with Gasteiger partial charge in [0.15, 0.2) is 5.03 Å². The van der Waals surface area contributed by atoms with Crippen LogP contribution in [-0.4, -0.2) is 90.1 Å². The van der Waals surface area contributed by atoms with Crippen molar-refractivity contribution in [2.75, 3.05) is 13.7 Å². The quantitative estimate of drug-likeness (QED) is 0.153. The average Bonchev–Trinajstić information content (AvgIpc) is 3.74. The highest BCUT2D eigenvalue weighted by Crippen LogP contribution is 2.45. The molecule has 2 aliphatic rings. The molecule has 60 heavy (non-hydrogen) atoms. The molecular weight excluding hydrogens is 789 g/mol. The summed E-state index contributed by atoms with van der Waals surface area (Å²) in [5, 5.41) is 5.81. The van der Waals surface area contributed by atoms with Crippen LogP contribution in [0.25, 0.3) is 22.2 Å². The number of aromatic nitrogens is 2. The molecule has 318 valence electrons. The number of nitrogens with zero attached hydrogens (tertiary/aromatic N) is 3. The number of carbonyl (C=O) groups excluding carboxylic acids is 4. The summed E-state index contributed by atoms with van der Waals surface area (Å²) in [5.74, 6) is -1.87. The van der Waals surface area contributed by atoms with Crippen molar-refractivity contribution in [1.29, 1.82) is 0 Å². The molecule has 3 heterocycles. The standard InChI is InChI=1S/C44H52N6O9S/c1-10-28-23-44(28,40(53)49-60(55,56)36-19-16-26(2)24-45-36)48-38(51)34-21-30(25-50(34)39(52)37(42(3,4)5)47-41(54)59-43(6,7)8)58-35-22-32(27-14-12-11-13-15-27)46-33-20-29(57-9)17-18-31(33)35/h10-20,22,24,28,30,34,37H,1,21,23,25H2,2-9H3,(H,47,54)(H,48,51)(H,49,53)/t28-,30-,34+,37-,44-/m1/s1. The summed E-state index contributed by atoms with van der Waals surface area (Å²) in [4.78, 5) is 66.5. The molecule has 15 nitrogen and oxygen atoms in total. The smallest absolute Gasteiger partial charge is 0.408 e. The van der Waals surface area contributed by atoms with Crippen molar-refractivity contribution in [2.24, 2.45) is 11.3 Å². The Kier molecular flexibility index (Phi) is 12.0. The van der Waals surface area contributed by atoms with Crippen LogP contribution in [0.5, 0.6) is 11.5 Å². The number of carbonyl (C=O) groups is 4. The lowest BCUT2D eigenvalue weighted by Crippen LogP contribution is -2.60. The Morgan fingerprint density at radius 3 is 2.32 bits per heavy atom. The number of rotatable bonds is 12. The van der Waals surface area contributed by atoms with E-state index in [0.717, 1.165) is 11.1 Å². The summed E-state index contributed by atoms with van der Waals surface area (Å²) in [6.45, 7) is 15.9. The molecule has 0 bridgehead atoms. The number of ether oxygens (including phenoxy) is 3. The minimum Gasteiger partial charge on any atom is -0.497 e. The number of benzene rings is 2. The van der Waals surface area contributed by atoms with Crippen LogP contribution in [0.3, 0.4) is 0 Å². The number of hydrogen-bond acceptors (Lipinski definition) is 11. The Morgan fingerprint density at radius 1 is 1.00 bits per heavy atom. The van der Waals surface area contributed by atoms with E-state index >= 15 is 0 Å². The molecule has 3 N–H and O–H groups in total. The molecular formula is C44H52N6O9S. The molecule has 0 spiro atoms. The number of fused-ring (bicyclic) bond motifs is 1. The summed E-state index contributed by atoms with van der Waals surface area (Å²) in [6, 6.07) is 17.2. The maximum absolute atomic E-state index is 14.7. The van der Waals surface area contributed by atoms with E-state index in [0.29, 0.717) is 28.1 Å². The molecule has 16 heteroatoms. The highest BCUT2D eigenvalue weighted by Gasteiger charge is 2.61. The first kappa shape index (κ1) is 43.5. The first-order valence-electron chi connectivity index (χ1n) is 19.6. The molecule has 5 atom stereocenters. The van der Waals surface area contributed by atoms with Crippen molar-refractivity contribution in [3.8, 4) is 22.8 Å². The van der Waals surface area contributed by atoms with Gasteiger partial charge >= 0.3 is 6.09 Å². The van der Waals surface area contributed by atoms with Crippen LogP contribution in [0.15, 0.2) is 90.6 Å². The van der Waals surface area contributed by atoms with Crippen LogP contribution in [0.1, 0.15) is 59.9 Å². The van der Waals surface area contributed by atoms with Gasteiger partial charge in [-0.15, -0.1) is 6.58 Å². The maximum Gasteiger partial charge on any atom is 0.408 e. The number of sulfonamides is 1. The van der Waals surface area contributed by atoms with E-state index < -0.39 is 74.5 Å². The average molecular weight is 841 g/mol. The van der Waals surface area contributed by atoms with Gasteiger partial charge in [-0.25, -0.2) is 19.5 Å². The third kappa shape index (κ3) is 9.54. The minimum atomic E-state index is -4.42. The third-order valence-electron chi connectivity index (χ3n) is 10.4. The first-order chi connectivity index (χ1) is 28.1. The van der Waals surface area contributed by atoms with E-state index in [2.05, 4.69) is 26.9 Å². The van der Waals surface area contributed by atoms with Gasteiger partial charge in [0.2, 0.25) is 11.8 Å². The first-order valence-corrected chi connectivity index (χ1v) is 21.1. The predicted molar refractivity (Wildman–Crippen MR) is 224 cm³/mol. The largest absolute Gasteiger partial charge is 0.497 e. The topological polar surface area (TPSA) is 195 Å². The van der Waals surface area contributed by atoms with Gasteiger partial charge < -0.3 is 29.7 Å². The van der Waals surface area contributed by atoms with E-state index in [1.807, 2.05) is 36.4 Å². The molecule has 1 aliphatic carbocycles. The summed E-state index contributed by atoms with van der Waals surface area (Å²) < 4.78 is 46.3. The highest BCUT2D eigenvalue weighted by atomic mass is 32.2. The monoisotopic (exact) mass is 840 g/mol. The molecule has 0 radical (unpaired) electrons. The fourth-order valence-corrected chi connectivity index (χ4v) is 8.14. The van der Waals surface area contributed by atoms with Crippen molar-refractivity contribution in [3.05, 3.63) is 91.1 Å². The number of likely N-dealkylation sites (tertiary alicyclic amines) is 1. The molecule has 1 saturated heterocycles. The van der Waals surface area contributed by atoms with Gasteiger partial charge in [-0.1, -0.05) is 63.2 Å². The fourth-order valence-electron chi connectivity index (χ4n) is 7.17. The van der Waals surface area contributed by atoms with Crippen LogP contribution >= 0.6 is 0 Å². The van der Waals surface area contributed by atoms with Gasteiger partial charge in [0, 0.05) is 41.6 Å². The zero-order valence-corrected chi connectivity index (χ0v) is 35.9. The second-order valence-electron chi connectivity index (χ2n) is 17.3. The summed E-state index contributed by atoms with van der Waals surface area (Å²) in [6.07, 6.45) is 1.28. The molecule has 6 rings (SSSR count). The predicted octanol–water partition coefficient (Wildman–Crippen LogP) is 5.47. The van der Waals surface area contributed by atoms with Crippen LogP contribution in [-0.2, 0) is 29.1 Å². The third-order valence-corrected chi connectivity index (χ3v) is 11.6. The molecule has 0 unspecified atom stereocenters. The zero-order chi connectivity index (χ0) is 43.8. The van der Waals surface area contributed by atoms with Crippen molar-refractivity contribution in [2.45, 2.75) is 95.7 Å². The molecule has 2 aromatic heterocycles. The number of amides is 4. The van der Waals surface area contributed by atoms with Crippen molar-refractivity contribution in [3.63, 3.8) is 0 Å². The molecule has 4 amide bonds. The van der Waals surface area contributed by atoms with Gasteiger partial charge in [-0.2, -0.15) is 8.42 Å². The van der Waals surface area contributed by atoms with E-state index in [9.17, 15) is 27.6 Å². The molecule has 1 saturated carbocycles.